The standard InChI is InChI=1S/C19H21N5O4/c1-2-28-19(27)22-15-5-3-4-13(8-15)9-17-18(26)16(11-20-23-17)14-10-21-24(12-14)6-7-25/h3-5,8,10-12,25H,2,6-7,9H2,1H3,(H,20,26)(H,22,27). The molecule has 0 aliphatic heterocycles. The highest BCUT2D eigenvalue weighted by Gasteiger charge is 2.12. The maximum Gasteiger partial charge on any atom is 0.411 e. The molecule has 0 radical (unpaired) electrons. The molecule has 9 nitrogen and oxygen atoms in total. The first kappa shape index (κ1) is 19.3. The largest absolute Gasteiger partial charge is 0.450 e. The molecule has 0 bridgehead atoms. The molecule has 1 aromatic carbocycles. The minimum Gasteiger partial charge on any atom is -0.450 e. The molecule has 0 spiro atoms. The van der Waals surface area contributed by atoms with Crippen molar-refractivity contribution < 1.29 is 14.6 Å². The second-order valence-corrected chi connectivity index (χ2v) is 6.01. The second-order valence-electron chi connectivity index (χ2n) is 6.01. The molecule has 0 fully saturated rings. The summed E-state index contributed by atoms with van der Waals surface area (Å²) in [4.78, 5) is 24.4. The monoisotopic (exact) mass is 383 g/mol. The third kappa shape index (κ3) is 4.63. The zero-order valence-corrected chi connectivity index (χ0v) is 15.4. The Labute approximate surface area is 161 Å². The minimum atomic E-state index is -0.530. The summed E-state index contributed by atoms with van der Waals surface area (Å²) in [6, 6.07) is 7.14. The van der Waals surface area contributed by atoms with Gasteiger partial charge in [0.25, 0.3) is 0 Å². The molecule has 9 heteroatoms. The maximum absolute atomic E-state index is 12.8. The summed E-state index contributed by atoms with van der Waals surface area (Å²) in [5, 5.41) is 22.6. The lowest BCUT2D eigenvalue weighted by molar-refractivity contribution is 0.168. The Balaban J connectivity index is 1.81. The van der Waals surface area contributed by atoms with Gasteiger partial charge in [0.15, 0.2) is 0 Å². The Morgan fingerprint density at radius 2 is 2.25 bits per heavy atom. The van der Waals surface area contributed by atoms with Crippen LogP contribution < -0.4 is 10.7 Å². The summed E-state index contributed by atoms with van der Waals surface area (Å²) in [7, 11) is 0. The third-order valence-electron chi connectivity index (χ3n) is 4.01. The van der Waals surface area contributed by atoms with Gasteiger partial charge in [0.05, 0.1) is 31.5 Å². The number of aliphatic hydroxyl groups excluding tert-OH is 1. The quantitative estimate of drug-likeness (QED) is 0.572. The predicted molar refractivity (Wildman–Crippen MR) is 103 cm³/mol. The van der Waals surface area contributed by atoms with E-state index in [4.69, 9.17) is 9.84 Å². The zero-order valence-electron chi connectivity index (χ0n) is 15.4. The summed E-state index contributed by atoms with van der Waals surface area (Å²) in [5.74, 6) is 0. The number of aliphatic hydroxyl groups is 1. The normalized spacial score (nSPS) is 10.6. The van der Waals surface area contributed by atoms with Gasteiger partial charge in [-0.1, -0.05) is 12.1 Å². The van der Waals surface area contributed by atoms with Crippen molar-refractivity contribution in [3.05, 3.63) is 64.3 Å². The van der Waals surface area contributed by atoms with E-state index in [0.717, 1.165) is 5.56 Å². The Morgan fingerprint density at radius 1 is 1.39 bits per heavy atom. The summed E-state index contributed by atoms with van der Waals surface area (Å²) in [6.45, 7) is 2.34. The molecule has 2 aromatic heterocycles. The van der Waals surface area contributed by atoms with E-state index in [9.17, 15) is 9.59 Å². The fourth-order valence-corrected chi connectivity index (χ4v) is 2.75. The Kier molecular flexibility index (Phi) is 6.18. The van der Waals surface area contributed by atoms with E-state index >= 15 is 0 Å². The third-order valence-corrected chi connectivity index (χ3v) is 4.01. The average Bonchev–Trinajstić information content (AvgIpc) is 3.13. The molecular formula is C19H21N5O4. The molecule has 0 atom stereocenters. The number of hydrogen-bond acceptors (Lipinski definition) is 6. The van der Waals surface area contributed by atoms with Gasteiger partial charge in [-0.3, -0.25) is 19.9 Å². The van der Waals surface area contributed by atoms with Gasteiger partial charge in [-0.25, -0.2) is 4.79 Å². The zero-order chi connectivity index (χ0) is 19.9. The van der Waals surface area contributed by atoms with Crippen LogP contribution in [0, 0.1) is 0 Å². The number of carbonyl (C=O) groups excluding carboxylic acids is 1. The van der Waals surface area contributed by atoms with Crippen molar-refractivity contribution in [2.45, 2.75) is 19.9 Å². The number of aromatic nitrogens is 4. The molecule has 3 rings (SSSR count). The highest BCUT2D eigenvalue weighted by molar-refractivity contribution is 5.84. The van der Waals surface area contributed by atoms with E-state index in [1.54, 1.807) is 42.2 Å². The Bertz CT molecular complexity index is 1010. The van der Waals surface area contributed by atoms with Crippen LogP contribution in [0.15, 0.2) is 47.7 Å². The lowest BCUT2D eigenvalue weighted by Gasteiger charge is -2.07. The van der Waals surface area contributed by atoms with Crippen molar-refractivity contribution in [2.75, 3.05) is 18.5 Å². The van der Waals surface area contributed by atoms with E-state index in [2.05, 4.69) is 20.6 Å². The first-order valence-electron chi connectivity index (χ1n) is 8.84. The fourth-order valence-electron chi connectivity index (χ4n) is 2.75. The van der Waals surface area contributed by atoms with Crippen molar-refractivity contribution in [1.29, 1.82) is 0 Å². The van der Waals surface area contributed by atoms with Crippen LogP contribution in [0.5, 0.6) is 0 Å². The number of H-pyrrole nitrogens is 1. The highest BCUT2D eigenvalue weighted by atomic mass is 16.5. The van der Waals surface area contributed by atoms with E-state index in [0.29, 0.717) is 35.5 Å². The Morgan fingerprint density at radius 3 is 3.04 bits per heavy atom. The lowest BCUT2D eigenvalue weighted by atomic mass is 10.1. The predicted octanol–water partition coefficient (Wildman–Crippen LogP) is 1.78. The summed E-state index contributed by atoms with van der Waals surface area (Å²) in [5.41, 5.74) is 2.65. The molecule has 0 aliphatic carbocycles. The number of nitrogens with one attached hydrogen (secondary N) is 2. The molecule has 0 saturated heterocycles. The minimum absolute atomic E-state index is 0.0325. The van der Waals surface area contributed by atoms with Gasteiger partial charge in [-0.2, -0.15) is 10.2 Å². The maximum atomic E-state index is 12.8. The van der Waals surface area contributed by atoms with E-state index < -0.39 is 6.09 Å². The molecule has 1 amide bonds. The summed E-state index contributed by atoms with van der Waals surface area (Å²) in [6.07, 6.45) is 4.58. The van der Waals surface area contributed by atoms with Crippen LogP contribution in [0.4, 0.5) is 10.5 Å². The van der Waals surface area contributed by atoms with Gasteiger partial charge in [0.2, 0.25) is 5.43 Å². The van der Waals surface area contributed by atoms with E-state index in [1.807, 2.05) is 6.07 Å². The van der Waals surface area contributed by atoms with Crippen molar-refractivity contribution in [2.24, 2.45) is 0 Å². The van der Waals surface area contributed by atoms with E-state index in [1.165, 1.54) is 6.20 Å². The highest BCUT2D eigenvalue weighted by Crippen LogP contribution is 2.16. The van der Waals surface area contributed by atoms with Crippen LogP contribution in [0.1, 0.15) is 18.2 Å². The molecule has 0 aliphatic rings. The molecule has 146 valence electrons. The van der Waals surface area contributed by atoms with Crippen LogP contribution >= 0.6 is 0 Å². The number of nitrogens with zero attached hydrogens (tertiary/aromatic N) is 3. The van der Waals surface area contributed by atoms with Gasteiger partial charge < -0.3 is 9.84 Å². The fraction of sp³-hybridized carbons (Fsp3) is 0.263. The number of carbonyl (C=O) groups is 1. The van der Waals surface area contributed by atoms with Gasteiger partial charge in [-0.05, 0) is 24.6 Å². The average molecular weight is 383 g/mol. The van der Waals surface area contributed by atoms with Gasteiger partial charge >= 0.3 is 6.09 Å². The van der Waals surface area contributed by atoms with Crippen LogP contribution in [0.2, 0.25) is 0 Å². The second kappa shape index (κ2) is 8.96. The first-order valence-corrected chi connectivity index (χ1v) is 8.84. The van der Waals surface area contributed by atoms with Gasteiger partial charge in [0, 0.05) is 30.1 Å². The molecular weight excluding hydrogens is 362 g/mol. The number of benzene rings is 1. The van der Waals surface area contributed by atoms with Crippen LogP contribution in [0.25, 0.3) is 11.1 Å². The molecule has 2 heterocycles. The summed E-state index contributed by atoms with van der Waals surface area (Å²) < 4.78 is 6.44. The molecule has 0 saturated carbocycles. The number of anilines is 1. The molecule has 0 unspecified atom stereocenters. The SMILES string of the molecule is CCOC(=O)Nc1cccc(Cc2n[nH]cc(-c3cnn(CCO)c3)c2=O)c1. The van der Waals surface area contributed by atoms with Crippen LogP contribution in [-0.2, 0) is 17.7 Å². The molecule has 28 heavy (non-hydrogen) atoms. The number of ether oxygens (including phenoxy) is 1. The van der Waals surface area contributed by atoms with E-state index in [-0.39, 0.29) is 18.6 Å². The van der Waals surface area contributed by atoms with Crippen LogP contribution in [0.3, 0.4) is 0 Å². The van der Waals surface area contributed by atoms with Crippen LogP contribution in [-0.4, -0.2) is 44.4 Å². The number of aromatic amines is 1. The van der Waals surface area contributed by atoms with Crippen molar-refractivity contribution in [3.63, 3.8) is 0 Å². The Hall–Kier alpha value is -3.46. The number of rotatable bonds is 7. The first-order chi connectivity index (χ1) is 13.6. The number of hydrogen-bond donors (Lipinski definition) is 3. The smallest absolute Gasteiger partial charge is 0.411 e. The van der Waals surface area contributed by atoms with Crippen molar-refractivity contribution in [1.82, 2.24) is 20.0 Å². The van der Waals surface area contributed by atoms with Crippen molar-refractivity contribution in [3.8, 4) is 11.1 Å². The van der Waals surface area contributed by atoms with Gasteiger partial charge in [0.1, 0.15) is 5.69 Å². The molecule has 3 N–H and O–H groups in total. The van der Waals surface area contributed by atoms with Crippen molar-refractivity contribution >= 4 is 11.8 Å². The summed E-state index contributed by atoms with van der Waals surface area (Å²) >= 11 is 0. The lowest BCUT2D eigenvalue weighted by Crippen LogP contribution is -2.16. The molecule has 3 aromatic rings. The number of amides is 1. The topological polar surface area (TPSA) is 122 Å². The van der Waals surface area contributed by atoms with Gasteiger partial charge in [-0.15, -0.1) is 0 Å².